The molecule has 1 aromatic carbocycles. The summed E-state index contributed by atoms with van der Waals surface area (Å²) in [4.78, 5) is 0. The van der Waals surface area contributed by atoms with Gasteiger partial charge in [-0.2, -0.15) is 0 Å². The van der Waals surface area contributed by atoms with E-state index in [1.807, 2.05) is 12.1 Å². The van der Waals surface area contributed by atoms with Gasteiger partial charge in [-0.3, -0.25) is 0 Å². The molecular weight excluding hydrogens is 254 g/mol. The molecule has 0 saturated heterocycles. The van der Waals surface area contributed by atoms with Gasteiger partial charge in [-0.15, -0.1) is 0 Å². The molecule has 0 spiro atoms. The highest BCUT2D eigenvalue weighted by molar-refractivity contribution is 6.30. The van der Waals surface area contributed by atoms with Gasteiger partial charge >= 0.3 is 0 Å². The summed E-state index contributed by atoms with van der Waals surface area (Å²) in [6.07, 6.45) is 3.97. The van der Waals surface area contributed by atoms with Crippen molar-refractivity contribution >= 4 is 11.6 Å². The molecule has 0 bridgehead atoms. The molecule has 0 heterocycles. The lowest BCUT2D eigenvalue weighted by molar-refractivity contribution is 0.240. The van der Waals surface area contributed by atoms with Gasteiger partial charge in [0.25, 0.3) is 0 Å². The summed E-state index contributed by atoms with van der Waals surface area (Å²) in [6.45, 7) is 9.34. The standard InChI is InChI=1S/C17H26ClN/c1-12(2)16(13-7-9-14(18)10-8-13)19-15-6-5-11-17(15,3)4/h7-10,12,15-16,19H,5-6,11H2,1-4H3. The molecule has 0 amide bonds. The molecule has 1 aromatic rings. The fourth-order valence-electron chi connectivity index (χ4n) is 3.20. The molecule has 1 N–H and O–H groups in total. The van der Waals surface area contributed by atoms with Crippen molar-refractivity contribution in [2.45, 2.75) is 59.0 Å². The van der Waals surface area contributed by atoms with Crippen LogP contribution in [0.25, 0.3) is 0 Å². The minimum atomic E-state index is 0.416. The second-order valence-corrected chi connectivity index (χ2v) is 7.31. The first-order valence-electron chi connectivity index (χ1n) is 7.41. The summed E-state index contributed by atoms with van der Waals surface area (Å²) >= 11 is 5.99. The van der Waals surface area contributed by atoms with Gasteiger partial charge in [0.1, 0.15) is 0 Å². The van der Waals surface area contributed by atoms with Crippen molar-refractivity contribution in [1.82, 2.24) is 5.32 Å². The molecule has 106 valence electrons. The molecule has 2 rings (SSSR count). The number of hydrogen-bond acceptors (Lipinski definition) is 1. The summed E-state index contributed by atoms with van der Waals surface area (Å²) in [6, 6.07) is 9.33. The number of benzene rings is 1. The Morgan fingerprint density at radius 3 is 2.32 bits per heavy atom. The molecule has 2 unspecified atom stereocenters. The van der Waals surface area contributed by atoms with Gasteiger partial charge in [-0.05, 0) is 41.9 Å². The molecular formula is C17H26ClN. The third-order valence-corrected chi connectivity index (χ3v) is 4.79. The number of rotatable bonds is 4. The molecule has 0 aromatic heterocycles. The minimum absolute atomic E-state index is 0.416. The first kappa shape index (κ1) is 14.9. The zero-order valence-corrected chi connectivity index (χ0v) is 13.3. The quantitative estimate of drug-likeness (QED) is 0.798. The first-order valence-corrected chi connectivity index (χ1v) is 7.79. The second kappa shape index (κ2) is 5.85. The van der Waals surface area contributed by atoms with Gasteiger partial charge < -0.3 is 5.32 Å². The van der Waals surface area contributed by atoms with Crippen LogP contribution in [0.2, 0.25) is 5.02 Å². The highest BCUT2D eigenvalue weighted by Crippen LogP contribution is 2.39. The smallest absolute Gasteiger partial charge is 0.0406 e. The fourth-order valence-corrected chi connectivity index (χ4v) is 3.32. The molecule has 0 radical (unpaired) electrons. The Morgan fingerprint density at radius 2 is 1.84 bits per heavy atom. The molecule has 1 fully saturated rings. The van der Waals surface area contributed by atoms with Gasteiger partial charge in [0.05, 0.1) is 0 Å². The van der Waals surface area contributed by atoms with Crippen molar-refractivity contribution in [3.05, 3.63) is 34.9 Å². The largest absolute Gasteiger partial charge is 0.306 e. The Morgan fingerprint density at radius 1 is 1.21 bits per heavy atom. The molecule has 1 saturated carbocycles. The van der Waals surface area contributed by atoms with Crippen LogP contribution in [0.4, 0.5) is 0 Å². The minimum Gasteiger partial charge on any atom is -0.306 e. The molecule has 1 nitrogen and oxygen atoms in total. The van der Waals surface area contributed by atoms with E-state index in [9.17, 15) is 0 Å². The van der Waals surface area contributed by atoms with Crippen LogP contribution in [-0.4, -0.2) is 6.04 Å². The van der Waals surface area contributed by atoms with Gasteiger partial charge in [0, 0.05) is 17.1 Å². The zero-order chi connectivity index (χ0) is 14.0. The fraction of sp³-hybridized carbons (Fsp3) is 0.647. The van der Waals surface area contributed by atoms with Crippen LogP contribution in [-0.2, 0) is 0 Å². The Balaban J connectivity index is 2.15. The van der Waals surface area contributed by atoms with Crippen molar-refractivity contribution in [3.8, 4) is 0 Å². The van der Waals surface area contributed by atoms with Crippen molar-refractivity contribution in [2.24, 2.45) is 11.3 Å². The summed E-state index contributed by atoms with van der Waals surface area (Å²) in [5, 5.41) is 4.71. The van der Waals surface area contributed by atoms with Crippen molar-refractivity contribution in [1.29, 1.82) is 0 Å². The lowest BCUT2D eigenvalue weighted by atomic mass is 9.85. The van der Waals surface area contributed by atoms with Crippen molar-refractivity contribution in [3.63, 3.8) is 0 Å². The molecule has 2 atom stereocenters. The van der Waals surface area contributed by atoms with E-state index in [0.29, 0.717) is 23.4 Å². The third kappa shape index (κ3) is 3.52. The lowest BCUT2D eigenvalue weighted by Crippen LogP contribution is -2.41. The predicted octanol–water partition coefficient (Wildman–Crippen LogP) is 5.21. The zero-order valence-electron chi connectivity index (χ0n) is 12.5. The normalized spacial score (nSPS) is 23.8. The molecule has 2 heteroatoms. The van der Waals surface area contributed by atoms with E-state index in [1.54, 1.807) is 0 Å². The third-order valence-electron chi connectivity index (χ3n) is 4.53. The van der Waals surface area contributed by atoms with Crippen LogP contribution in [0.5, 0.6) is 0 Å². The predicted molar refractivity (Wildman–Crippen MR) is 83.6 cm³/mol. The maximum absolute atomic E-state index is 5.99. The Kier molecular flexibility index (Phi) is 4.58. The topological polar surface area (TPSA) is 12.0 Å². The average Bonchev–Trinajstić information content (AvgIpc) is 2.66. The van der Waals surface area contributed by atoms with E-state index in [-0.39, 0.29) is 0 Å². The highest BCUT2D eigenvalue weighted by Gasteiger charge is 2.36. The maximum atomic E-state index is 5.99. The van der Waals surface area contributed by atoms with Crippen molar-refractivity contribution < 1.29 is 0 Å². The second-order valence-electron chi connectivity index (χ2n) is 6.87. The van der Waals surface area contributed by atoms with E-state index in [2.05, 4.69) is 45.1 Å². The summed E-state index contributed by atoms with van der Waals surface area (Å²) in [5.74, 6) is 0.581. The highest BCUT2D eigenvalue weighted by atomic mass is 35.5. The van der Waals surface area contributed by atoms with Crippen LogP contribution in [0, 0.1) is 11.3 Å². The molecule has 19 heavy (non-hydrogen) atoms. The molecule has 1 aliphatic rings. The van der Waals surface area contributed by atoms with E-state index in [0.717, 1.165) is 5.02 Å². The number of nitrogens with one attached hydrogen (secondary N) is 1. The van der Waals surface area contributed by atoms with Crippen LogP contribution in [0.3, 0.4) is 0 Å². The maximum Gasteiger partial charge on any atom is 0.0406 e. The molecule has 0 aliphatic heterocycles. The summed E-state index contributed by atoms with van der Waals surface area (Å²) in [7, 11) is 0. The SMILES string of the molecule is CC(C)C(NC1CCCC1(C)C)c1ccc(Cl)cc1. The Hall–Kier alpha value is -0.530. The molecule has 1 aliphatic carbocycles. The Labute approximate surface area is 122 Å². The number of halogens is 1. The number of hydrogen-bond donors (Lipinski definition) is 1. The van der Waals surface area contributed by atoms with Crippen LogP contribution < -0.4 is 5.32 Å². The van der Waals surface area contributed by atoms with Crippen LogP contribution >= 0.6 is 11.6 Å². The summed E-state index contributed by atoms with van der Waals surface area (Å²) in [5.41, 5.74) is 1.77. The van der Waals surface area contributed by atoms with Crippen LogP contribution in [0.1, 0.15) is 58.6 Å². The lowest BCUT2D eigenvalue weighted by Gasteiger charge is -2.34. The first-order chi connectivity index (χ1) is 8.90. The van der Waals surface area contributed by atoms with Gasteiger partial charge in [-0.1, -0.05) is 57.8 Å². The average molecular weight is 280 g/mol. The summed E-state index contributed by atoms with van der Waals surface area (Å²) < 4.78 is 0. The van der Waals surface area contributed by atoms with Crippen LogP contribution in [0.15, 0.2) is 24.3 Å². The van der Waals surface area contributed by atoms with E-state index >= 15 is 0 Å². The van der Waals surface area contributed by atoms with Gasteiger partial charge in [0.15, 0.2) is 0 Å². The van der Waals surface area contributed by atoms with Crippen molar-refractivity contribution in [2.75, 3.05) is 0 Å². The van der Waals surface area contributed by atoms with Gasteiger partial charge in [-0.25, -0.2) is 0 Å². The van der Waals surface area contributed by atoms with E-state index < -0.39 is 0 Å². The Bertz CT molecular complexity index is 408. The van der Waals surface area contributed by atoms with E-state index in [4.69, 9.17) is 11.6 Å². The van der Waals surface area contributed by atoms with E-state index in [1.165, 1.54) is 24.8 Å². The van der Waals surface area contributed by atoms with Gasteiger partial charge in [0.2, 0.25) is 0 Å². The monoisotopic (exact) mass is 279 g/mol.